The lowest BCUT2D eigenvalue weighted by molar-refractivity contribution is -0.131. The first-order valence-electron chi connectivity index (χ1n) is 8.77. The normalized spacial score (nSPS) is 14.3. The van der Waals surface area contributed by atoms with E-state index in [2.05, 4.69) is 37.2 Å². The van der Waals surface area contributed by atoms with Crippen molar-refractivity contribution in [3.8, 4) is 17.2 Å². The molecule has 1 heterocycles. The molecule has 2 aromatic rings. The van der Waals surface area contributed by atoms with Crippen LogP contribution in [-0.4, -0.2) is 42.3 Å². The Morgan fingerprint density at radius 2 is 1.94 bits per heavy atom. The molecule has 0 aliphatic carbocycles. The second kappa shape index (κ2) is 10.0. The number of methoxy groups -OCH3 is 1. The summed E-state index contributed by atoms with van der Waals surface area (Å²) >= 11 is 6.55. The zero-order valence-corrected chi connectivity index (χ0v) is 19.2. The number of benzene rings is 2. The number of carbonyl (C=O) groups excluding carboxylic acids is 1. The molecule has 2 atom stereocenters. The van der Waals surface area contributed by atoms with Gasteiger partial charge in [-0.1, -0.05) is 15.9 Å². The number of carboxylic acid groups (broad SMARTS) is 1. The smallest absolute Gasteiger partial charge is 0.412 e. The highest BCUT2D eigenvalue weighted by Crippen LogP contribution is 2.39. The summed E-state index contributed by atoms with van der Waals surface area (Å²) in [5, 5.41) is 22.0. The number of phenols is 1. The third-order valence-electron chi connectivity index (χ3n) is 4.22. The maximum absolute atomic E-state index is 12.6. The second-order valence-electron chi connectivity index (χ2n) is 6.24. The van der Waals surface area contributed by atoms with Gasteiger partial charge in [-0.2, -0.15) is 0 Å². The number of rotatable bonds is 7. The number of carboxylic acids is 1. The minimum atomic E-state index is -1.20. The van der Waals surface area contributed by atoms with Crippen LogP contribution in [0.5, 0.6) is 17.2 Å². The van der Waals surface area contributed by atoms with E-state index in [0.717, 1.165) is 6.08 Å². The van der Waals surface area contributed by atoms with E-state index in [-0.39, 0.29) is 18.1 Å². The van der Waals surface area contributed by atoms with Gasteiger partial charge in [0.05, 0.1) is 4.47 Å². The Kier molecular flexibility index (Phi) is 7.42. The molecule has 0 aromatic heterocycles. The average molecular weight is 559 g/mol. The van der Waals surface area contributed by atoms with Crippen LogP contribution in [0.25, 0.3) is 0 Å². The fourth-order valence-corrected chi connectivity index (χ4v) is 4.09. The van der Waals surface area contributed by atoms with Crippen LogP contribution in [0.3, 0.4) is 0 Å². The number of fused-ring (bicyclic) bond motifs is 1. The minimum Gasteiger partial charge on any atom is -0.506 e. The van der Waals surface area contributed by atoms with Crippen molar-refractivity contribution in [1.82, 2.24) is 0 Å². The van der Waals surface area contributed by atoms with Gasteiger partial charge in [0.1, 0.15) is 11.9 Å². The number of hydrogen-bond acceptors (Lipinski definition) is 7. The van der Waals surface area contributed by atoms with E-state index in [4.69, 9.17) is 24.1 Å². The van der Waals surface area contributed by atoms with Gasteiger partial charge >= 0.3 is 12.1 Å². The summed E-state index contributed by atoms with van der Waals surface area (Å²) < 4.78 is 22.3. The number of anilines is 1. The number of phenolic OH excluding ortho intramolecular Hbond substituents is 1. The maximum Gasteiger partial charge on any atom is 0.412 e. The molecule has 0 radical (unpaired) electrons. The molecule has 0 fully saturated rings. The SMILES string of the molecule is CO[C@@H](/C=C/C(=O)O)[C@@H](OC(=O)Nc1ccc2c(c1)OCO2)c1cc(Br)cc(Br)c1O. The Morgan fingerprint density at radius 1 is 1.19 bits per heavy atom. The Balaban J connectivity index is 1.88. The molecule has 2 aromatic carbocycles. The topological polar surface area (TPSA) is 124 Å². The van der Waals surface area contributed by atoms with Crippen molar-refractivity contribution in [3.63, 3.8) is 0 Å². The highest BCUT2D eigenvalue weighted by atomic mass is 79.9. The predicted molar refractivity (Wildman–Crippen MR) is 116 cm³/mol. The molecule has 0 spiro atoms. The van der Waals surface area contributed by atoms with E-state index >= 15 is 0 Å². The van der Waals surface area contributed by atoms with Gasteiger partial charge in [0.25, 0.3) is 0 Å². The van der Waals surface area contributed by atoms with Crippen LogP contribution in [-0.2, 0) is 14.3 Å². The molecule has 11 heteroatoms. The molecule has 0 bridgehead atoms. The largest absolute Gasteiger partial charge is 0.506 e. The summed E-state index contributed by atoms with van der Waals surface area (Å²) in [5.41, 5.74) is 0.590. The van der Waals surface area contributed by atoms with Crippen molar-refractivity contribution >= 4 is 49.6 Å². The molecule has 1 aliphatic heterocycles. The van der Waals surface area contributed by atoms with E-state index in [1.807, 2.05) is 0 Å². The molecule has 1 amide bonds. The predicted octanol–water partition coefficient (Wildman–Crippen LogP) is 4.59. The Labute approximate surface area is 193 Å². The van der Waals surface area contributed by atoms with E-state index in [9.17, 15) is 14.7 Å². The lowest BCUT2D eigenvalue weighted by Crippen LogP contribution is -2.27. The summed E-state index contributed by atoms with van der Waals surface area (Å²) in [7, 11) is 1.33. The molecule has 0 saturated carbocycles. The van der Waals surface area contributed by atoms with Crippen LogP contribution in [0.1, 0.15) is 11.7 Å². The van der Waals surface area contributed by atoms with Gasteiger partial charge < -0.3 is 29.2 Å². The monoisotopic (exact) mass is 557 g/mol. The fraction of sp³-hybridized carbons (Fsp3) is 0.200. The number of halogens is 2. The summed E-state index contributed by atoms with van der Waals surface area (Å²) in [6.07, 6.45) is -0.960. The summed E-state index contributed by atoms with van der Waals surface area (Å²) in [5.74, 6) is -0.360. The molecule has 164 valence electrons. The van der Waals surface area contributed by atoms with Gasteiger partial charge in [0.2, 0.25) is 6.79 Å². The Bertz CT molecular complexity index is 1030. The Morgan fingerprint density at radius 3 is 2.65 bits per heavy atom. The third-order valence-corrected chi connectivity index (χ3v) is 5.28. The number of carbonyl (C=O) groups is 2. The minimum absolute atomic E-state index is 0.0910. The molecule has 3 rings (SSSR count). The molecule has 3 N–H and O–H groups in total. The first-order valence-corrected chi connectivity index (χ1v) is 10.4. The summed E-state index contributed by atoms with van der Waals surface area (Å²) in [6.45, 7) is 0.0910. The van der Waals surface area contributed by atoms with Crippen molar-refractivity contribution in [3.05, 3.63) is 57.0 Å². The Hall–Kier alpha value is -2.76. The van der Waals surface area contributed by atoms with Crippen LogP contribution in [0, 0.1) is 0 Å². The molecule has 9 nitrogen and oxygen atoms in total. The zero-order chi connectivity index (χ0) is 22.5. The number of aromatic hydroxyl groups is 1. The number of amides is 1. The van der Waals surface area contributed by atoms with Crippen molar-refractivity contribution in [2.24, 2.45) is 0 Å². The van der Waals surface area contributed by atoms with Gasteiger partial charge in [-0.05, 0) is 46.3 Å². The summed E-state index contributed by atoms with van der Waals surface area (Å²) in [6, 6.07) is 7.97. The zero-order valence-electron chi connectivity index (χ0n) is 16.0. The molecular weight excluding hydrogens is 542 g/mol. The highest BCUT2D eigenvalue weighted by Gasteiger charge is 2.30. The fourth-order valence-electron chi connectivity index (χ4n) is 2.83. The quantitative estimate of drug-likeness (QED) is 0.421. The van der Waals surface area contributed by atoms with E-state index in [1.54, 1.807) is 30.3 Å². The molecule has 31 heavy (non-hydrogen) atoms. The third kappa shape index (κ3) is 5.69. The van der Waals surface area contributed by atoms with Crippen molar-refractivity contribution < 1.29 is 38.7 Å². The summed E-state index contributed by atoms with van der Waals surface area (Å²) in [4.78, 5) is 23.6. The van der Waals surface area contributed by atoms with Crippen LogP contribution < -0.4 is 14.8 Å². The van der Waals surface area contributed by atoms with Crippen LogP contribution >= 0.6 is 31.9 Å². The standard InChI is InChI=1S/C20H17Br2NO8/c1-28-15(4-5-17(24)25)19(12-6-10(21)7-13(22)18(12)26)31-20(27)23-11-2-3-14-16(8-11)30-9-29-14/h2-8,15,19,26H,9H2,1H3,(H,23,27)(H,24,25)/b5-4+/t15-,19-/m0/s1. The highest BCUT2D eigenvalue weighted by molar-refractivity contribution is 9.11. The van der Waals surface area contributed by atoms with Gasteiger partial charge in [-0.25, -0.2) is 9.59 Å². The number of hydrogen-bond donors (Lipinski definition) is 3. The lowest BCUT2D eigenvalue weighted by atomic mass is 10.0. The van der Waals surface area contributed by atoms with E-state index in [0.29, 0.717) is 26.1 Å². The lowest BCUT2D eigenvalue weighted by Gasteiger charge is -2.25. The van der Waals surface area contributed by atoms with Gasteiger partial charge in [-0.15, -0.1) is 0 Å². The van der Waals surface area contributed by atoms with Gasteiger partial charge in [0.15, 0.2) is 17.6 Å². The number of ether oxygens (including phenoxy) is 4. The molecule has 1 aliphatic rings. The van der Waals surface area contributed by atoms with Crippen LogP contribution in [0.2, 0.25) is 0 Å². The van der Waals surface area contributed by atoms with E-state index < -0.39 is 24.3 Å². The average Bonchev–Trinajstić information content (AvgIpc) is 3.18. The van der Waals surface area contributed by atoms with Crippen LogP contribution in [0.4, 0.5) is 10.5 Å². The second-order valence-corrected chi connectivity index (χ2v) is 8.01. The molecule has 0 unspecified atom stereocenters. The number of aliphatic carboxylic acids is 1. The maximum atomic E-state index is 12.6. The van der Waals surface area contributed by atoms with Crippen molar-refractivity contribution in [2.45, 2.75) is 12.2 Å². The first kappa shape index (κ1) is 22.9. The molecular formula is C20H17Br2NO8. The van der Waals surface area contributed by atoms with Gasteiger partial charge in [-0.3, -0.25) is 5.32 Å². The van der Waals surface area contributed by atoms with Crippen LogP contribution in [0.15, 0.2) is 51.4 Å². The number of nitrogens with one attached hydrogen (secondary N) is 1. The van der Waals surface area contributed by atoms with Crippen molar-refractivity contribution in [1.29, 1.82) is 0 Å². The van der Waals surface area contributed by atoms with E-state index in [1.165, 1.54) is 13.2 Å². The molecule has 0 saturated heterocycles. The first-order chi connectivity index (χ1) is 14.8. The van der Waals surface area contributed by atoms with Gasteiger partial charge in [0, 0.05) is 35.0 Å². The van der Waals surface area contributed by atoms with Crippen molar-refractivity contribution in [2.75, 3.05) is 19.2 Å².